The van der Waals surface area contributed by atoms with Gasteiger partial charge in [-0.05, 0) is 25.1 Å². The molecule has 8 heteroatoms. The molecular weight excluding hydrogens is 300 g/mol. The second-order valence-electron chi connectivity index (χ2n) is 4.78. The average Bonchev–Trinajstić information content (AvgIpc) is 3.13. The molecule has 4 heterocycles. The van der Waals surface area contributed by atoms with Gasteiger partial charge in [0.05, 0.1) is 17.3 Å². The summed E-state index contributed by atoms with van der Waals surface area (Å²) < 4.78 is 10.2. The molecule has 0 amide bonds. The van der Waals surface area contributed by atoms with Gasteiger partial charge in [-0.2, -0.15) is 5.10 Å². The van der Waals surface area contributed by atoms with Crippen molar-refractivity contribution in [2.45, 2.75) is 6.92 Å². The van der Waals surface area contributed by atoms with Crippen molar-refractivity contribution in [3.63, 3.8) is 0 Å². The molecule has 0 aliphatic carbocycles. The maximum Gasteiger partial charge on any atom is 0.244 e. The molecule has 0 radical (unpaired) electrons. The van der Waals surface area contributed by atoms with Gasteiger partial charge in [0.25, 0.3) is 0 Å². The molecule has 118 valence electrons. The van der Waals surface area contributed by atoms with Crippen molar-refractivity contribution < 1.29 is 19.1 Å². The van der Waals surface area contributed by atoms with E-state index in [1.54, 1.807) is 6.07 Å². The zero-order chi connectivity index (χ0) is 16.2. The van der Waals surface area contributed by atoms with Gasteiger partial charge in [-0.15, -0.1) is 5.10 Å². The van der Waals surface area contributed by atoms with Crippen LogP contribution in [0.5, 0.6) is 11.8 Å². The van der Waals surface area contributed by atoms with Crippen molar-refractivity contribution in [3.05, 3.63) is 41.2 Å². The third-order valence-corrected chi connectivity index (χ3v) is 3.18. The highest BCUT2D eigenvalue weighted by molar-refractivity contribution is 6.05. The fraction of sp³-hybridized carbons (Fsp3) is 0.267. The van der Waals surface area contributed by atoms with Crippen molar-refractivity contribution in [2.24, 2.45) is 5.16 Å². The summed E-state index contributed by atoms with van der Waals surface area (Å²) in [6, 6.07) is 5.48. The quantitative estimate of drug-likeness (QED) is 0.729. The van der Waals surface area contributed by atoms with Gasteiger partial charge in [0, 0.05) is 5.69 Å². The van der Waals surface area contributed by atoms with Crippen LogP contribution < -0.4 is 9.47 Å². The van der Waals surface area contributed by atoms with E-state index in [0.717, 1.165) is 17.0 Å². The Kier molecular flexibility index (Phi) is 4.13. The highest BCUT2D eigenvalue weighted by atomic mass is 16.6. The predicted octanol–water partition coefficient (Wildman–Crippen LogP) is 1.18. The van der Waals surface area contributed by atoms with Crippen LogP contribution in [0.15, 0.2) is 29.6 Å². The molecule has 0 atom stereocenters. The van der Waals surface area contributed by atoms with Gasteiger partial charge >= 0.3 is 0 Å². The number of fused-ring (bicyclic) bond motifs is 2. The number of ether oxygens (including phenoxy) is 2. The van der Waals surface area contributed by atoms with Crippen LogP contribution in [0.3, 0.4) is 0 Å². The number of hydrogen-bond acceptors (Lipinski definition) is 8. The lowest BCUT2D eigenvalue weighted by Crippen LogP contribution is -2.02. The highest BCUT2D eigenvalue weighted by Crippen LogP contribution is 2.23. The van der Waals surface area contributed by atoms with Gasteiger partial charge in [0.2, 0.25) is 17.5 Å². The minimum atomic E-state index is -0.0232. The number of oxime groups is 1. The number of rotatable bonds is 1. The zero-order valence-corrected chi connectivity index (χ0v) is 12.6. The van der Waals surface area contributed by atoms with Crippen molar-refractivity contribution >= 4 is 11.5 Å². The summed E-state index contributed by atoms with van der Waals surface area (Å²) in [7, 11) is 1.52. The molecule has 0 bridgehead atoms. The molecule has 0 saturated carbocycles. The molecule has 2 aliphatic rings. The molecule has 0 N–H and O–H groups in total. The van der Waals surface area contributed by atoms with Gasteiger partial charge in [0.15, 0.2) is 6.61 Å². The van der Waals surface area contributed by atoms with E-state index < -0.39 is 0 Å². The number of carbonyl (C=O) groups is 1. The lowest BCUT2D eigenvalue weighted by atomic mass is 10.2. The highest BCUT2D eigenvalue weighted by Gasteiger charge is 2.22. The molecule has 8 nitrogen and oxygen atoms in total. The Balaban J connectivity index is 0.000000140. The summed E-state index contributed by atoms with van der Waals surface area (Å²) in [5.74, 6) is 0.980. The Morgan fingerprint density at radius 1 is 1.13 bits per heavy atom. The monoisotopic (exact) mass is 314 g/mol. The fourth-order valence-electron chi connectivity index (χ4n) is 2.11. The van der Waals surface area contributed by atoms with Crippen LogP contribution in [0.4, 0.5) is 0 Å². The normalized spacial score (nSPS) is 15.9. The average molecular weight is 314 g/mol. The van der Waals surface area contributed by atoms with Crippen molar-refractivity contribution in [1.82, 2.24) is 15.2 Å². The molecule has 0 spiro atoms. The third-order valence-electron chi connectivity index (χ3n) is 3.18. The number of hydrogen-bond donors (Lipinski definition) is 0. The summed E-state index contributed by atoms with van der Waals surface area (Å²) in [5, 5.41) is 11.0. The summed E-state index contributed by atoms with van der Waals surface area (Å²) in [6.07, 6.45) is 1.48. The summed E-state index contributed by atoms with van der Waals surface area (Å²) in [6.45, 7) is 2.47. The molecule has 0 saturated heterocycles. The van der Waals surface area contributed by atoms with Crippen LogP contribution in [-0.2, 0) is 4.84 Å². The van der Waals surface area contributed by atoms with Crippen molar-refractivity contribution in [2.75, 3.05) is 20.3 Å². The summed E-state index contributed by atoms with van der Waals surface area (Å²) in [5.41, 5.74) is 3.20. The number of aryl methyl sites for hydroxylation is 1. The molecular formula is C15H14N4O4. The minimum absolute atomic E-state index is 0.0232. The van der Waals surface area contributed by atoms with E-state index >= 15 is 0 Å². The van der Waals surface area contributed by atoms with E-state index in [1.165, 1.54) is 13.3 Å². The van der Waals surface area contributed by atoms with Crippen LogP contribution in [0.25, 0.3) is 0 Å². The van der Waals surface area contributed by atoms with E-state index in [4.69, 9.17) is 14.3 Å². The van der Waals surface area contributed by atoms with Gasteiger partial charge < -0.3 is 14.3 Å². The molecule has 2 aliphatic heterocycles. The van der Waals surface area contributed by atoms with E-state index in [2.05, 4.69) is 20.3 Å². The second kappa shape index (κ2) is 6.39. The maximum absolute atomic E-state index is 10.9. The van der Waals surface area contributed by atoms with Crippen molar-refractivity contribution in [3.8, 4) is 11.8 Å². The molecule has 4 rings (SSSR count). The van der Waals surface area contributed by atoms with Crippen LogP contribution in [0.1, 0.15) is 21.6 Å². The number of nitrogens with zero attached hydrogens (tertiary/aromatic N) is 4. The molecule has 0 fully saturated rings. The number of pyridine rings is 1. The number of ketones is 1. The fourth-order valence-corrected chi connectivity index (χ4v) is 2.11. The second-order valence-corrected chi connectivity index (χ2v) is 4.78. The molecule has 2 aromatic heterocycles. The van der Waals surface area contributed by atoms with E-state index in [1.807, 2.05) is 19.1 Å². The van der Waals surface area contributed by atoms with Gasteiger partial charge in [0.1, 0.15) is 19.4 Å². The van der Waals surface area contributed by atoms with Gasteiger partial charge in [-0.25, -0.2) is 4.98 Å². The van der Waals surface area contributed by atoms with Crippen LogP contribution in [-0.4, -0.2) is 47.0 Å². The molecule has 2 aromatic rings. The smallest absolute Gasteiger partial charge is 0.244 e. The Bertz CT molecular complexity index is 776. The Morgan fingerprint density at radius 3 is 2.74 bits per heavy atom. The van der Waals surface area contributed by atoms with E-state index in [-0.39, 0.29) is 12.4 Å². The Hall–Kier alpha value is -3.03. The van der Waals surface area contributed by atoms with Crippen LogP contribution in [0.2, 0.25) is 0 Å². The first-order valence-electron chi connectivity index (χ1n) is 6.87. The van der Waals surface area contributed by atoms with Gasteiger partial charge in [-0.1, -0.05) is 5.16 Å². The van der Waals surface area contributed by atoms with Crippen LogP contribution >= 0.6 is 0 Å². The largest absolute Gasteiger partial charge is 0.471 e. The Labute approximate surface area is 132 Å². The number of aromatic nitrogens is 3. The number of Topliss-reactive ketones (excluding diaryl/α,β-unsaturated/α-hetero) is 1. The summed E-state index contributed by atoms with van der Waals surface area (Å²) in [4.78, 5) is 19.8. The summed E-state index contributed by atoms with van der Waals surface area (Å²) >= 11 is 0. The van der Waals surface area contributed by atoms with E-state index in [9.17, 15) is 4.79 Å². The Morgan fingerprint density at radius 2 is 1.96 bits per heavy atom. The van der Waals surface area contributed by atoms with Crippen molar-refractivity contribution in [1.29, 1.82) is 0 Å². The third kappa shape index (κ3) is 3.10. The number of carbonyl (C=O) groups excluding carboxylic acids is 1. The van der Waals surface area contributed by atoms with E-state index in [0.29, 0.717) is 23.9 Å². The first-order chi connectivity index (χ1) is 11.2. The first-order valence-corrected chi connectivity index (χ1v) is 6.87. The molecule has 23 heavy (non-hydrogen) atoms. The lowest BCUT2D eigenvalue weighted by Gasteiger charge is -1.96. The molecule has 0 aromatic carbocycles. The SMILES string of the molecule is CON=C1COc2nc(C)ccc21.O=C1COc2nnccc21. The predicted molar refractivity (Wildman–Crippen MR) is 79.9 cm³/mol. The molecule has 0 unspecified atom stereocenters. The standard InChI is InChI=1S/C9H10N2O2.C6H4N2O2/c1-6-3-4-7-8(11-12-2)5-13-9(7)10-6;9-5-3-10-6-4(5)1-2-7-8-6/h3-4H,5H2,1-2H3;1-2H,3H2. The maximum atomic E-state index is 10.9. The van der Waals surface area contributed by atoms with Crippen LogP contribution in [0, 0.1) is 6.92 Å². The minimum Gasteiger partial charge on any atom is -0.471 e. The topological polar surface area (TPSA) is 95.8 Å². The first kappa shape index (κ1) is 14.9. The zero-order valence-electron chi connectivity index (χ0n) is 12.6. The lowest BCUT2D eigenvalue weighted by molar-refractivity contribution is 0.0960. The van der Waals surface area contributed by atoms with Gasteiger partial charge in [-0.3, -0.25) is 4.79 Å².